The zero-order valence-electron chi connectivity index (χ0n) is 30.2. The lowest BCUT2D eigenvalue weighted by Gasteiger charge is -2.28. The number of fused-ring (bicyclic) bond motifs is 8. The molecule has 260 valence electrons. The molecule has 0 bridgehead atoms. The highest BCUT2D eigenvalue weighted by Gasteiger charge is 2.25. The van der Waals surface area contributed by atoms with E-state index in [4.69, 9.17) is 4.74 Å². The van der Waals surface area contributed by atoms with Gasteiger partial charge in [0.25, 0.3) is 0 Å². The van der Waals surface area contributed by atoms with Crippen molar-refractivity contribution in [2.45, 2.75) is 0 Å². The summed E-state index contributed by atoms with van der Waals surface area (Å²) in [6, 6.07) is 70.1. The topological polar surface area (TPSA) is 22.3 Å². The molecule has 0 aliphatic carbocycles. The number of ether oxygens (including phenoxy) is 1. The molecule has 11 rings (SSSR count). The molecule has 0 saturated heterocycles. The lowest BCUT2D eigenvalue weighted by molar-refractivity contribution is 0.415. The van der Waals surface area contributed by atoms with Crippen molar-refractivity contribution in [3.63, 3.8) is 0 Å². The van der Waals surface area contributed by atoms with Gasteiger partial charge in [-0.15, -0.1) is 0 Å². The third kappa shape index (κ3) is 4.85. The number of nitrogens with zero attached hydrogens (tertiary/aromatic N) is 3. The van der Waals surface area contributed by atoms with Gasteiger partial charge in [-0.1, -0.05) is 115 Å². The number of para-hydroxylation sites is 2. The van der Waals surface area contributed by atoms with Gasteiger partial charge in [0.15, 0.2) is 0 Å². The van der Waals surface area contributed by atoms with Crippen LogP contribution in [0.4, 0.5) is 17.1 Å². The Kier molecular flexibility index (Phi) is 7.04. The van der Waals surface area contributed by atoms with Gasteiger partial charge >= 0.3 is 0 Å². The fourth-order valence-corrected chi connectivity index (χ4v) is 8.72. The molecule has 4 heteroatoms. The van der Waals surface area contributed by atoms with Crippen LogP contribution in [0.3, 0.4) is 0 Å². The molecule has 0 aliphatic rings. The molecule has 11 aromatic rings. The van der Waals surface area contributed by atoms with Crippen LogP contribution < -0.4 is 9.64 Å². The molecule has 0 atom stereocenters. The third-order valence-electron chi connectivity index (χ3n) is 11.1. The second-order valence-electron chi connectivity index (χ2n) is 14.1. The first kappa shape index (κ1) is 31.2. The average molecular weight is 706 g/mol. The maximum Gasteiger partial charge on any atom is 0.120 e. The molecule has 0 radical (unpaired) electrons. The van der Waals surface area contributed by atoms with E-state index in [-0.39, 0.29) is 0 Å². The minimum Gasteiger partial charge on any atom is -0.497 e. The second-order valence-corrected chi connectivity index (χ2v) is 14.1. The fourth-order valence-electron chi connectivity index (χ4n) is 8.72. The van der Waals surface area contributed by atoms with Crippen LogP contribution in [0.15, 0.2) is 194 Å². The van der Waals surface area contributed by atoms with E-state index in [0.29, 0.717) is 0 Å². The lowest BCUT2D eigenvalue weighted by atomic mass is 10.1. The summed E-state index contributed by atoms with van der Waals surface area (Å²) in [4.78, 5) is 2.43. The Morgan fingerprint density at radius 1 is 0.382 bits per heavy atom. The molecule has 0 amide bonds. The summed E-state index contributed by atoms with van der Waals surface area (Å²) in [5.74, 6) is 0.805. The van der Waals surface area contributed by atoms with E-state index in [2.05, 4.69) is 202 Å². The third-order valence-corrected chi connectivity index (χ3v) is 11.1. The van der Waals surface area contributed by atoms with E-state index < -0.39 is 0 Å². The fraction of sp³-hybridized carbons (Fsp3) is 0.0196. The summed E-state index contributed by atoms with van der Waals surface area (Å²) >= 11 is 0. The van der Waals surface area contributed by atoms with Gasteiger partial charge in [0.05, 0.1) is 40.6 Å². The van der Waals surface area contributed by atoms with Crippen molar-refractivity contribution in [2.24, 2.45) is 0 Å². The van der Waals surface area contributed by atoms with E-state index in [0.717, 1.165) is 56.3 Å². The van der Waals surface area contributed by atoms with Gasteiger partial charge < -0.3 is 18.8 Å². The number of methoxy groups -OCH3 is 1. The summed E-state index contributed by atoms with van der Waals surface area (Å²) in [7, 11) is 1.74. The normalized spacial score (nSPS) is 11.7. The number of benzene rings is 9. The van der Waals surface area contributed by atoms with E-state index in [9.17, 15) is 0 Å². The lowest BCUT2D eigenvalue weighted by Crippen LogP contribution is -2.11. The standard InChI is InChI=1S/C51H35N3O/c1-55-41-18-10-17-38(33-41)54(48-25-11-23-46-50(48)42-19-6-8-21-44(42)52(46)39-29-27-34-13-2-4-15-36(34)31-39)49-26-12-24-47-51(49)43-20-7-9-22-45(43)53(47)40-30-28-35-14-3-5-16-37(35)32-40/h2-33H,1H3. The van der Waals surface area contributed by atoms with Crippen molar-refractivity contribution in [3.05, 3.63) is 194 Å². The van der Waals surface area contributed by atoms with Gasteiger partial charge in [0, 0.05) is 44.7 Å². The molecule has 9 aromatic carbocycles. The van der Waals surface area contributed by atoms with E-state index >= 15 is 0 Å². The van der Waals surface area contributed by atoms with Gasteiger partial charge in [-0.25, -0.2) is 0 Å². The zero-order valence-corrected chi connectivity index (χ0v) is 30.2. The molecule has 0 unspecified atom stereocenters. The Hall–Kier alpha value is -7.30. The molecular weight excluding hydrogens is 671 g/mol. The van der Waals surface area contributed by atoms with Crippen LogP contribution in [0.25, 0.3) is 76.5 Å². The summed E-state index contributed by atoms with van der Waals surface area (Å²) in [5.41, 5.74) is 10.1. The SMILES string of the molecule is COc1cccc(N(c2cccc3c2c2ccccc2n3-c2ccc3ccccc3c2)c2cccc3c2c2ccccc2n3-c2ccc3ccccc3c2)c1. The van der Waals surface area contributed by atoms with Gasteiger partial charge in [0.2, 0.25) is 0 Å². The quantitative estimate of drug-likeness (QED) is 0.172. The molecule has 2 aromatic heterocycles. The van der Waals surface area contributed by atoms with Crippen LogP contribution >= 0.6 is 0 Å². The van der Waals surface area contributed by atoms with Crippen LogP contribution in [0.5, 0.6) is 5.75 Å². The largest absolute Gasteiger partial charge is 0.497 e. The first-order valence-corrected chi connectivity index (χ1v) is 18.7. The maximum atomic E-state index is 5.85. The van der Waals surface area contributed by atoms with Crippen molar-refractivity contribution >= 4 is 82.2 Å². The average Bonchev–Trinajstić information content (AvgIpc) is 3.77. The molecule has 0 fully saturated rings. The predicted octanol–water partition coefficient (Wildman–Crippen LogP) is 13.7. The molecule has 0 spiro atoms. The van der Waals surface area contributed by atoms with Gasteiger partial charge in [-0.3, -0.25) is 0 Å². The van der Waals surface area contributed by atoms with Crippen LogP contribution in [0.2, 0.25) is 0 Å². The predicted molar refractivity (Wildman–Crippen MR) is 231 cm³/mol. The van der Waals surface area contributed by atoms with E-state index in [1.54, 1.807) is 7.11 Å². The van der Waals surface area contributed by atoms with Crippen LogP contribution in [-0.4, -0.2) is 16.2 Å². The Bertz CT molecular complexity index is 3080. The number of rotatable bonds is 6. The number of hydrogen-bond acceptors (Lipinski definition) is 2. The van der Waals surface area contributed by atoms with Crippen molar-refractivity contribution in [1.29, 1.82) is 0 Å². The minimum absolute atomic E-state index is 0.805. The molecule has 2 heterocycles. The van der Waals surface area contributed by atoms with Crippen LogP contribution in [0.1, 0.15) is 0 Å². The Morgan fingerprint density at radius 3 is 1.36 bits per heavy atom. The van der Waals surface area contributed by atoms with Crippen molar-refractivity contribution < 1.29 is 4.74 Å². The van der Waals surface area contributed by atoms with E-state index in [1.165, 1.54) is 43.1 Å². The molecule has 0 saturated carbocycles. The molecule has 0 aliphatic heterocycles. The smallest absolute Gasteiger partial charge is 0.120 e. The second kappa shape index (κ2) is 12.4. The van der Waals surface area contributed by atoms with Gasteiger partial charge in [0.1, 0.15) is 5.75 Å². The molecule has 0 N–H and O–H groups in total. The van der Waals surface area contributed by atoms with Crippen molar-refractivity contribution in [1.82, 2.24) is 9.13 Å². The Labute approximate surface area is 318 Å². The monoisotopic (exact) mass is 705 g/mol. The highest BCUT2D eigenvalue weighted by molar-refractivity contribution is 6.20. The molecule has 55 heavy (non-hydrogen) atoms. The molecule has 4 nitrogen and oxygen atoms in total. The maximum absolute atomic E-state index is 5.85. The van der Waals surface area contributed by atoms with Crippen LogP contribution in [-0.2, 0) is 0 Å². The summed E-state index contributed by atoms with van der Waals surface area (Å²) in [5, 5.41) is 9.65. The number of aromatic nitrogens is 2. The van der Waals surface area contributed by atoms with Gasteiger partial charge in [-0.2, -0.15) is 0 Å². The number of hydrogen-bond donors (Lipinski definition) is 0. The van der Waals surface area contributed by atoms with Crippen molar-refractivity contribution in [2.75, 3.05) is 12.0 Å². The summed E-state index contributed by atoms with van der Waals surface area (Å²) < 4.78 is 10.7. The number of anilines is 3. The minimum atomic E-state index is 0.805. The Balaban J connectivity index is 1.23. The Morgan fingerprint density at radius 2 is 0.836 bits per heavy atom. The first-order chi connectivity index (χ1) is 27.2. The zero-order chi connectivity index (χ0) is 36.5. The highest BCUT2D eigenvalue weighted by Crippen LogP contribution is 2.48. The van der Waals surface area contributed by atoms with Gasteiger partial charge in [-0.05, 0) is 94.3 Å². The first-order valence-electron chi connectivity index (χ1n) is 18.7. The van der Waals surface area contributed by atoms with Crippen molar-refractivity contribution in [3.8, 4) is 17.1 Å². The van der Waals surface area contributed by atoms with E-state index in [1.807, 2.05) is 6.07 Å². The van der Waals surface area contributed by atoms with Crippen LogP contribution in [0, 0.1) is 0 Å². The highest BCUT2D eigenvalue weighted by atomic mass is 16.5. The molecular formula is C51H35N3O. The summed E-state index contributed by atoms with van der Waals surface area (Å²) in [6.07, 6.45) is 0. The summed E-state index contributed by atoms with van der Waals surface area (Å²) in [6.45, 7) is 0.